The van der Waals surface area contributed by atoms with Crippen LogP contribution in [-0.2, 0) is 24.1 Å². The average molecular weight is 381 g/mol. The van der Waals surface area contributed by atoms with Gasteiger partial charge in [-0.15, -0.1) is 11.3 Å². The summed E-state index contributed by atoms with van der Waals surface area (Å²) in [6.45, 7) is 2.66. The van der Waals surface area contributed by atoms with Crippen LogP contribution in [0.1, 0.15) is 46.1 Å². The maximum atomic E-state index is 12.6. The van der Waals surface area contributed by atoms with Gasteiger partial charge in [0.15, 0.2) is 0 Å². The van der Waals surface area contributed by atoms with Crippen LogP contribution in [0.5, 0.6) is 5.75 Å². The van der Waals surface area contributed by atoms with Crippen molar-refractivity contribution in [2.45, 2.75) is 39.2 Å². The third-order valence-electron chi connectivity index (χ3n) is 5.09. The largest absolute Gasteiger partial charge is 0.508 e. The van der Waals surface area contributed by atoms with Crippen LogP contribution in [0, 0.1) is 0 Å². The fourth-order valence-electron chi connectivity index (χ4n) is 3.79. The van der Waals surface area contributed by atoms with Gasteiger partial charge in [0, 0.05) is 17.0 Å². The van der Waals surface area contributed by atoms with Gasteiger partial charge in [-0.1, -0.05) is 30.3 Å². The molecule has 0 aliphatic heterocycles. The highest BCUT2D eigenvalue weighted by Gasteiger charge is 2.26. The van der Waals surface area contributed by atoms with E-state index < -0.39 is 0 Å². The second-order valence-electron chi connectivity index (χ2n) is 6.77. The van der Waals surface area contributed by atoms with E-state index in [0.717, 1.165) is 46.2 Å². The topological polar surface area (TPSA) is 58.6 Å². The molecule has 1 aromatic heterocycles. The molecule has 4 rings (SSSR count). The summed E-state index contributed by atoms with van der Waals surface area (Å²) in [5, 5.41) is 16.8. The Hall–Kier alpha value is -2.53. The number of carbonyl (C=O) groups excluding carboxylic acids is 1. The molecule has 5 heteroatoms. The van der Waals surface area contributed by atoms with Gasteiger partial charge in [-0.05, 0) is 55.0 Å². The number of thiophene rings is 1. The molecule has 1 aliphatic carbocycles. The van der Waals surface area contributed by atoms with E-state index in [-0.39, 0.29) is 11.7 Å². The molecular formula is C22H23NO3S. The van der Waals surface area contributed by atoms with Gasteiger partial charge < -0.3 is 15.2 Å². The SMILES string of the molecule is CCOC(=O)c1c(NCc2c(O)ccc3ccccc23)sc2c1CCCC2. The molecule has 0 atom stereocenters. The fraction of sp³-hybridized carbons (Fsp3) is 0.318. The maximum absolute atomic E-state index is 12.6. The first-order valence-electron chi connectivity index (χ1n) is 9.44. The quantitative estimate of drug-likeness (QED) is 0.591. The van der Waals surface area contributed by atoms with E-state index in [1.54, 1.807) is 17.4 Å². The summed E-state index contributed by atoms with van der Waals surface area (Å²) in [6.07, 6.45) is 4.23. The Bertz CT molecular complexity index is 993. The van der Waals surface area contributed by atoms with Crippen LogP contribution in [0.15, 0.2) is 36.4 Å². The number of fused-ring (bicyclic) bond motifs is 2. The zero-order valence-corrected chi connectivity index (χ0v) is 16.2. The van der Waals surface area contributed by atoms with Crippen molar-refractivity contribution in [2.75, 3.05) is 11.9 Å². The summed E-state index contributed by atoms with van der Waals surface area (Å²) < 4.78 is 5.32. The number of hydrogen-bond donors (Lipinski definition) is 2. The van der Waals surface area contributed by atoms with Gasteiger partial charge in [0.1, 0.15) is 10.8 Å². The molecule has 0 saturated carbocycles. The Kier molecular flexibility index (Phi) is 5.03. The van der Waals surface area contributed by atoms with E-state index in [0.29, 0.717) is 18.7 Å². The number of phenolic OH excluding ortho intramolecular Hbond substituents is 1. The summed E-state index contributed by atoms with van der Waals surface area (Å²) in [7, 11) is 0. The molecule has 0 unspecified atom stereocenters. The molecule has 27 heavy (non-hydrogen) atoms. The standard InChI is InChI=1S/C22H23NO3S/c1-2-26-22(25)20-16-9-5-6-10-19(16)27-21(20)23-13-17-15-8-4-3-7-14(15)11-12-18(17)24/h3-4,7-8,11-12,23-24H,2,5-6,9-10,13H2,1H3. The summed E-state index contributed by atoms with van der Waals surface area (Å²) >= 11 is 1.65. The number of esters is 1. The van der Waals surface area contributed by atoms with Gasteiger partial charge in [-0.2, -0.15) is 0 Å². The molecular weight excluding hydrogens is 358 g/mol. The van der Waals surface area contributed by atoms with Gasteiger partial charge in [-0.25, -0.2) is 4.79 Å². The minimum atomic E-state index is -0.249. The highest BCUT2D eigenvalue weighted by molar-refractivity contribution is 7.16. The Morgan fingerprint density at radius 1 is 1.19 bits per heavy atom. The van der Waals surface area contributed by atoms with E-state index in [2.05, 4.69) is 5.32 Å². The number of carbonyl (C=O) groups is 1. The van der Waals surface area contributed by atoms with Gasteiger partial charge >= 0.3 is 5.97 Å². The van der Waals surface area contributed by atoms with Crippen molar-refractivity contribution in [2.24, 2.45) is 0 Å². The average Bonchev–Trinajstić information content (AvgIpc) is 3.06. The lowest BCUT2D eigenvalue weighted by atomic mass is 9.95. The Morgan fingerprint density at radius 3 is 2.85 bits per heavy atom. The lowest BCUT2D eigenvalue weighted by Gasteiger charge is -2.13. The number of hydrogen-bond acceptors (Lipinski definition) is 5. The Labute approximate surface area is 162 Å². The molecule has 0 spiro atoms. The number of aryl methyl sites for hydroxylation is 1. The Balaban J connectivity index is 1.69. The number of anilines is 1. The van der Waals surface area contributed by atoms with E-state index in [1.807, 2.05) is 37.3 Å². The molecule has 3 aromatic rings. The summed E-state index contributed by atoms with van der Waals surface area (Å²) in [4.78, 5) is 13.9. The van der Waals surface area contributed by atoms with Crippen LogP contribution in [0.3, 0.4) is 0 Å². The minimum Gasteiger partial charge on any atom is -0.508 e. The van der Waals surface area contributed by atoms with E-state index in [4.69, 9.17) is 4.74 Å². The van der Waals surface area contributed by atoms with E-state index >= 15 is 0 Å². The number of aromatic hydroxyl groups is 1. The number of rotatable bonds is 5. The van der Waals surface area contributed by atoms with Crippen molar-refractivity contribution in [1.29, 1.82) is 0 Å². The maximum Gasteiger partial charge on any atom is 0.341 e. The van der Waals surface area contributed by atoms with Crippen molar-refractivity contribution < 1.29 is 14.6 Å². The molecule has 0 fully saturated rings. The Morgan fingerprint density at radius 2 is 2.00 bits per heavy atom. The molecule has 0 radical (unpaired) electrons. The molecule has 1 aliphatic rings. The zero-order chi connectivity index (χ0) is 18.8. The van der Waals surface area contributed by atoms with Crippen LogP contribution in [0.2, 0.25) is 0 Å². The van der Waals surface area contributed by atoms with Crippen LogP contribution < -0.4 is 5.32 Å². The molecule has 1 heterocycles. The van der Waals surface area contributed by atoms with Gasteiger partial charge in [0.2, 0.25) is 0 Å². The second-order valence-corrected chi connectivity index (χ2v) is 7.88. The molecule has 2 aromatic carbocycles. The molecule has 2 N–H and O–H groups in total. The fourth-order valence-corrected chi connectivity index (χ4v) is 5.06. The highest BCUT2D eigenvalue weighted by Crippen LogP contribution is 2.39. The molecule has 0 amide bonds. The monoisotopic (exact) mass is 381 g/mol. The van der Waals surface area contributed by atoms with Gasteiger partial charge in [0.25, 0.3) is 0 Å². The summed E-state index contributed by atoms with van der Waals surface area (Å²) in [5.74, 6) is 0.0155. The highest BCUT2D eigenvalue weighted by atomic mass is 32.1. The third kappa shape index (κ3) is 3.39. The van der Waals surface area contributed by atoms with Gasteiger partial charge in [0.05, 0.1) is 12.2 Å². The normalized spacial score (nSPS) is 13.4. The predicted octanol–water partition coefficient (Wildman–Crippen LogP) is 5.27. The van der Waals surface area contributed by atoms with Crippen molar-refractivity contribution in [3.05, 3.63) is 58.0 Å². The molecule has 0 saturated heterocycles. The minimum absolute atomic E-state index is 0.249. The summed E-state index contributed by atoms with van der Waals surface area (Å²) in [6, 6.07) is 11.7. The predicted molar refractivity (Wildman–Crippen MR) is 110 cm³/mol. The van der Waals surface area contributed by atoms with Crippen molar-refractivity contribution in [1.82, 2.24) is 0 Å². The first-order chi connectivity index (χ1) is 13.2. The number of phenols is 1. The lowest BCUT2D eigenvalue weighted by molar-refractivity contribution is 0.0526. The first-order valence-corrected chi connectivity index (χ1v) is 10.3. The number of nitrogens with one attached hydrogen (secondary N) is 1. The first kappa shape index (κ1) is 17.9. The molecule has 140 valence electrons. The molecule has 4 nitrogen and oxygen atoms in total. The zero-order valence-electron chi connectivity index (χ0n) is 15.4. The smallest absolute Gasteiger partial charge is 0.341 e. The van der Waals surface area contributed by atoms with E-state index in [1.165, 1.54) is 11.3 Å². The van der Waals surface area contributed by atoms with Crippen molar-refractivity contribution in [3.8, 4) is 5.75 Å². The van der Waals surface area contributed by atoms with Crippen molar-refractivity contribution in [3.63, 3.8) is 0 Å². The molecule has 0 bridgehead atoms. The van der Waals surface area contributed by atoms with Gasteiger partial charge in [-0.3, -0.25) is 0 Å². The lowest BCUT2D eigenvalue weighted by Crippen LogP contribution is -2.11. The second kappa shape index (κ2) is 7.61. The number of benzene rings is 2. The van der Waals surface area contributed by atoms with Crippen LogP contribution in [-0.4, -0.2) is 17.7 Å². The van der Waals surface area contributed by atoms with Crippen molar-refractivity contribution >= 4 is 33.1 Å². The van der Waals surface area contributed by atoms with Crippen LogP contribution >= 0.6 is 11.3 Å². The van der Waals surface area contributed by atoms with Crippen LogP contribution in [0.4, 0.5) is 5.00 Å². The van der Waals surface area contributed by atoms with E-state index in [9.17, 15) is 9.90 Å². The summed E-state index contributed by atoms with van der Waals surface area (Å²) in [5.41, 5.74) is 2.68. The number of ether oxygens (including phenoxy) is 1. The van der Waals surface area contributed by atoms with Crippen LogP contribution in [0.25, 0.3) is 10.8 Å². The third-order valence-corrected chi connectivity index (χ3v) is 6.34.